The van der Waals surface area contributed by atoms with E-state index in [1.165, 1.54) is 0 Å². The van der Waals surface area contributed by atoms with Crippen molar-refractivity contribution in [3.63, 3.8) is 0 Å². The van der Waals surface area contributed by atoms with Gasteiger partial charge in [0, 0.05) is 31.8 Å². The van der Waals surface area contributed by atoms with Gasteiger partial charge in [0.25, 0.3) is 0 Å². The molecule has 3 rings (SSSR count). The zero-order valence-electron chi connectivity index (χ0n) is 13.5. The summed E-state index contributed by atoms with van der Waals surface area (Å²) in [6.07, 6.45) is -0.244. The Labute approximate surface area is 130 Å². The summed E-state index contributed by atoms with van der Waals surface area (Å²) in [5.41, 5.74) is 5.51. The van der Waals surface area contributed by atoms with Crippen molar-refractivity contribution in [1.82, 2.24) is 4.90 Å². The highest BCUT2D eigenvalue weighted by Crippen LogP contribution is 2.36. The number of hydrogen-bond donors (Lipinski definition) is 1. The van der Waals surface area contributed by atoms with Crippen LogP contribution in [0.3, 0.4) is 0 Å². The van der Waals surface area contributed by atoms with Crippen molar-refractivity contribution in [3.8, 4) is 5.75 Å². The van der Waals surface area contributed by atoms with E-state index in [4.69, 9.17) is 9.47 Å². The van der Waals surface area contributed by atoms with Gasteiger partial charge in [-0.3, -0.25) is 0 Å². The van der Waals surface area contributed by atoms with E-state index in [1.54, 1.807) is 4.90 Å². The third-order valence-corrected chi connectivity index (χ3v) is 3.90. The van der Waals surface area contributed by atoms with Crippen molar-refractivity contribution in [3.05, 3.63) is 18.2 Å². The summed E-state index contributed by atoms with van der Waals surface area (Å²) in [6, 6.07) is 6.17. The molecule has 0 aromatic heterocycles. The van der Waals surface area contributed by atoms with Crippen LogP contribution in [0, 0.1) is 0 Å². The maximum Gasteiger partial charge on any atom is 0.410 e. The smallest absolute Gasteiger partial charge is 0.410 e. The summed E-state index contributed by atoms with van der Waals surface area (Å²) >= 11 is 0. The van der Waals surface area contributed by atoms with Crippen LogP contribution in [0.25, 0.3) is 0 Å². The SMILES string of the molecule is CC(C)(C)OC(=O)N1CCN2c3ccc([NH3+])cc3OC[C@H]2C1. The molecule has 2 aliphatic heterocycles. The zero-order chi connectivity index (χ0) is 15.9. The summed E-state index contributed by atoms with van der Waals surface area (Å²) in [5.74, 6) is 0.884. The van der Waals surface area contributed by atoms with Crippen molar-refractivity contribution in [2.45, 2.75) is 32.4 Å². The second-order valence-electron chi connectivity index (χ2n) is 6.89. The maximum atomic E-state index is 12.2. The minimum Gasteiger partial charge on any atom is -0.489 e. The molecule has 0 bridgehead atoms. The van der Waals surface area contributed by atoms with E-state index in [1.807, 2.05) is 39.0 Å². The maximum absolute atomic E-state index is 12.2. The first kappa shape index (κ1) is 15.0. The Hall–Kier alpha value is -1.95. The standard InChI is InChI=1S/C16H23N3O3/c1-16(2,3)22-15(20)18-6-7-19-12(9-18)10-21-14-8-11(17)4-5-13(14)19/h4-5,8,12H,6-7,9-10,17H2,1-3H3/p+1/t12-/m1/s1. The number of rotatable bonds is 0. The predicted molar refractivity (Wildman–Crippen MR) is 83.4 cm³/mol. The summed E-state index contributed by atoms with van der Waals surface area (Å²) in [7, 11) is 0. The van der Waals surface area contributed by atoms with Crippen LogP contribution in [0.4, 0.5) is 16.2 Å². The van der Waals surface area contributed by atoms with Gasteiger partial charge in [0.1, 0.15) is 23.6 Å². The largest absolute Gasteiger partial charge is 0.489 e. The molecule has 1 atom stereocenters. The quantitative estimate of drug-likeness (QED) is 0.786. The van der Waals surface area contributed by atoms with E-state index in [0.29, 0.717) is 19.7 Å². The Morgan fingerprint density at radius 2 is 2.14 bits per heavy atom. The first-order valence-corrected chi connectivity index (χ1v) is 7.67. The number of ether oxygens (including phenoxy) is 2. The molecule has 2 heterocycles. The van der Waals surface area contributed by atoms with Crippen molar-refractivity contribution < 1.29 is 20.0 Å². The molecule has 0 aliphatic carbocycles. The third-order valence-electron chi connectivity index (χ3n) is 3.90. The zero-order valence-corrected chi connectivity index (χ0v) is 13.5. The van der Waals surface area contributed by atoms with Crippen molar-refractivity contribution in [1.29, 1.82) is 0 Å². The fraction of sp³-hybridized carbons (Fsp3) is 0.562. The van der Waals surface area contributed by atoms with Crippen LogP contribution in [0.15, 0.2) is 18.2 Å². The highest BCUT2D eigenvalue weighted by atomic mass is 16.6. The predicted octanol–water partition coefficient (Wildman–Crippen LogP) is 1.38. The first-order valence-electron chi connectivity index (χ1n) is 7.67. The molecule has 1 fully saturated rings. The van der Waals surface area contributed by atoms with Crippen LogP contribution < -0.4 is 15.4 Å². The fourth-order valence-electron chi connectivity index (χ4n) is 2.90. The van der Waals surface area contributed by atoms with Crippen LogP contribution >= 0.6 is 0 Å². The van der Waals surface area contributed by atoms with Gasteiger partial charge in [-0.15, -0.1) is 0 Å². The number of amides is 1. The number of hydrogen-bond acceptors (Lipinski definition) is 4. The molecule has 0 radical (unpaired) electrons. The fourth-order valence-corrected chi connectivity index (χ4v) is 2.90. The van der Waals surface area contributed by atoms with Crippen molar-refractivity contribution in [2.24, 2.45) is 0 Å². The molecule has 1 amide bonds. The van der Waals surface area contributed by atoms with Crippen LogP contribution in [0.2, 0.25) is 0 Å². The second-order valence-corrected chi connectivity index (χ2v) is 6.89. The molecule has 0 spiro atoms. The Morgan fingerprint density at radius 1 is 1.36 bits per heavy atom. The molecule has 1 aromatic rings. The molecule has 0 unspecified atom stereocenters. The summed E-state index contributed by atoms with van der Waals surface area (Å²) in [5, 5.41) is 0. The Kier molecular flexibility index (Phi) is 3.64. The highest BCUT2D eigenvalue weighted by molar-refractivity contribution is 5.70. The average Bonchev–Trinajstić information content (AvgIpc) is 2.44. The molecule has 1 aromatic carbocycles. The minimum atomic E-state index is -0.464. The molecule has 6 nitrogen and oxygen atoms in total. The van der Waals surface area contributed by atoms with Crippen LogP contribution in [0.5, 0.6) is 5.75 Å². The number of benzene rings is 1. The monoisotopic (exact) mass is 306 g/mol. The number of carbonyl (C=O) groups excluding carboxylic acids is 1. The third kappa shape index (κ3) is 2.97. The van der Waals surface area contributed by atoms with E-state index in [9.17, 15) is 4.79 Å². The molecule has 120 valence electrons. The lowest BCUT2D eigenvalue weighted by Gasteiger charge is -2.45. The van der Waals surface area contributed by atoms with Gasteiger partial charge in [0.2, 0.25) is 0 Å². The molecular formula is C16H24N3O3+. The normalized spacial score (nSPS) is 20.8. The van der Waals surface area contributed by atoms with Crippen molar-refractivity contribution >= 4 is 17.5 Å². The molecule has 2 aliphatic rings. The summed E-state index contributed by atoms with van der Waals surface area (Å²) in [6.45, 7) is 8.32. The minimum absolute atomic E-state index is 0.171. The highest BCUT2D eigenvalue weighted by Gasteiger charge is 2.36. The van der Waals surface area contributed by atoms with E-state index in [0.717, 1.165) is 23.7 Å². The molecule has 0 saturated carbocycles. The Balaban J connectivity index is 1.71. The van der Waals surface area contributed by atoms with Gasteiger partial charge >= 0.3 is 6.09 Å². The topological polar surface area (TPSA) is 69.7 Å². The molecule has 22 heavy (non-hydrogen) atoms. The van der Waals surface area contributed by atoms with Gasteiger partial charge in [0.15, 0.2) is 0 Å². The average molecular weight is 306 g/mol. The lowest BCUT2D eigenvalue weighted by Crippen LogP contribution is -2.59. The van der Waals surface area contributed by atoms with Crippen LogP contribution in [0.1, 0.15) is 20.8 Å². The van der Waals surface area contributed by atoms with E-state index in [2.05, 4.69) is 10.6 Å². The number of fused-ring (bicyclic) bond motifs is 3. The van der Waals surface area contributed by atoms with Gasteiger partial charge in [0.05, 0.1) is 11.7 Å². The van der Waals surface area contributed by atoms with E-state index in [-0.39, 0.29) is 12.1 Å². The number of carbonyl (C=O) groups is 1. The van der Waals surface area contributed by atoms with Crippen LogP contribution in [-0.4, -0.2) is 48.9 Å². The van der Waals surface area contributed by atoms with Gasteiger partial charge in [-0.2, -0.15) is 0 Å². The number of nitrogens with zero attached hydrogens (tertiary/aromatic N) is 2. The van der Waals surface area contributed by atoms with E-state index < -0.39 is 5.60 Å². The van der Waals surface area contributed by atoms with Gasteiger partial charge < -0.3 is 25.0 Å². The summed E-state index contributed by atoms with van der Waals surface area (Å²) in [4.78, 5) is 16.3. The number of quaternary nitrogens is 1. The Morgan fingerprint density at radius 3 is 2.86 bits per heavy atom. The summed E-state index contributed by atoms with van der Waals surface area (Å²) < 4.78 is 11.3. The lowest BCUT2D eigenvalue weighted by molar-refractivity contribution is -0.254. The Bertz CT molecular complexity index is 582. The molecule has 1 saturated heterocycles. The molecule has 6 heteroatoms. The van der Waals surface area contributed by atoms with E-state index >= 15 is 0 Å². The van der Waals surface area contributed by atoms with Crippen molar-refractivity contribution in [2.75, 3.05) is 31.1 Å². The van der Waals surface area contributed by atoms with Gasteiger partial charge in [-0.1, -0.05) is 0 Å². The first-order chi connectivity index (χ1) is 10.3. The number of piperazine rings is 1. The lowest BCUT2D eigenvalue weighted by atomic mass is 10.1. The second kappa shape index (κ2) is 5.35. The molecule has 3 N–H and O–H groups in total. The van der Waals surface area contributed by atoms with Gasteiger partial charge in [-0.05, 0) is 26.8 Å². The number of anilines is 1. The van der Waals surface area contributed by atoms with Gasteiger partial charge in [-0.25, -0.2) is 4.79 Å². The van der Waals surface area contributed by atoms with Crippen LogP contribution in [-0.2, 0) is 4.74 Å². The molecular weight excluding hydrogens is 282 g/mol.